The molecule has 30 heavy (non-hydrogen) atoms. The number of thiocarbonyl (C=S) groups is 1. The minimum atomic E-state index is -5.17. The normalized spacial score (nSPS) is 12.1. The van der Waals surface area contributed by atoms with E-state index in [2.05, 4.69) is 20.7 Å². The number of halogens is 7. The van der Waals surface area contributed by atoms with E-state index in [-0.39, 0.29) is 15.7 Å². The van der Waals surface area contributed by atoms with E-state index in [0.717, 1.165) is 3.57 Å². The van der Waals surface area contributed by atoms with Crippen LogP contribution in [0, 0.1) is 3.57 Å². The molecule has 1 amide bonds. The van der Waals surface area contributed by atoms with Crippen molar-refractivity contribution in [1.82, 2.24) is 19.9 Å². The number of anilines is 1. The Balaban J connectivity index is 1.96. The largest absolute Gasteiger partial charge is 0.433 e. The molecule has 0 spiro atoms. The third-order valence-corrected chi connectivity index (χ3v) is 4.79. The molecule has 0 fully saturated rings. The predicted molar refractivity (Wildman–Crippen MR) is 106 cm³/mol. The number of alkyl halides is 6. The fraction of sp³-hybridized carbons (Fsp3) is 0.125. The van der Waals surface area contributed by atoms with Gasteiger partial charge in [-0.2, -0.15) is 31.4 Å². The average Bonchev–Trinajstić information content (AvgIpc) is 3.05. The number of carbonyl (C=O) groups is 1. The lowest BCUT2D eigenvalue weighted by atomic mass is 10.2. The molecule has 0 aliphatic heterocycles. The van der Waals surface area contributed by atoms with Crippen molar-refractivity contribution in [2.45, 2.75) is 12.4 Å². The van der Waals surface area contributed by atoms with E-state index >= 15 is 0 Å². The van der Waals surface area contributed by atoms with Crippen molar-refractivity contribution in [2.75, 3.05) is 5.32 Å². The number of hydrogen-bond donors (Lipinski definition) is 2. The summed E-state index contributed by atoms with van der Waals surface area (Å²) >= 11 is 6.98. The van der Waals surface area contributed by atoms with E-state index in [1.54, 1.807) is 24.3 Å². The SMILES string of the molecule is O=C(NC(=S)Nc1ccccc1I)c1cnn2c(C(F)(F)F)cc(C(F)(F)F)nc12. The molecule has 6 nitrogen and oxygen atoms in total. The number of benzene rings is 1. The molecule has 3 aromatic rings. The van der Waals surface area contributed by atoms with E-state index in [4.69, 9.17) is 12.2 Å². The summed E-state index contributed by atoms with van der Waals surface area (Å²) in [4.78, 5) is 15.6. The Bertz CT molecular complexity index is 1140. The number of hydrogen-bond acceptors (Lipinski definition) is 4. The molecule has 158 valence electrons. The number of rotatable bonds is 2. The van der Waals surface area contributed by atoms with Gasteiger partial charge in [0.1, 0.15) is 11.3 Å². The van der Waals surface area contributed by atoms with Gasteiger partial charge < -0.3 is 5.32 Å². The van der Waals surface area contributed by atoms with Crippen LogP contribution >= 0.6 is 34.8 Å². The van der Waals surface area contributed by atoms with Gasteiger partial charge in [0.25, 0.3) is 5.91 Å². The van der Waals surface area contributed by atoms with Crippen LogP contribution in [0.2, 0.25) is 0 Å². The molecular formula is C16H8F6IN5OS. The number of nitrogens with zero attached hydrogens (tertiary/aromatic N) is 3. The summed E-state index contributed by atoms with van der Waals surface area (Å²) in [5.41, 5.74) is -4.51. The highest BCUT2D eigenvalue weighted by Crippen LogP contribution is 2.35. The fourth-order valence-electron chi connectivity index (χ4n) is 2.36. The second kappa shape index (κ2) is 7.98. The van der Waals surface area contributed by atoms with Crippen LogP contribution in [-0.4, -0.2) is 25.6 Å². The molecule has 3 rings (SSSR count). The van der Waals surface area contributed by atoms with Crippen molar-refractivity contribution < 1.29 is 31.1 Å². The van der Waals surface area contributed by atoms with Gasteiger partial charge in [-0.1, -0.05) is 12.1 Å². The van der Waals surface area contributed by atoms with Crippen molar-refractivity contribution >= 4 is 57.2 Å². The van der Waals surface area contributed by atoms with Crippen molar-refractivity contribution in [3.05, 3.63) is 57.1 Å². The van der Waals surface area contributed by atoms with Gasteiger partial charge in [0.15, 0.2) is 16.5 Å². The maximum Gasteiger partial charge on any atom is 0.433 e. The van der Waals surface area contributed by atoms with Gasteiger partial charge >= 0.3 is 12.4 Å². The molecule has 0 unspecified atom stereocenters. The second-order valence-electron chi connectivity index (χ2n) is 5.70. The van der Waals surface area contributed by atoms with Crippen LogP contribution in [0.3, 0.4) is 0 Å². The minimum absolute atomic E-state index is 0.126. The lowest BCUT2D eigenvalue weighted by Gasteiger charge is -2.13. The van der Waals surface area contributed by atoms with Crippen LogP contribution in [-0.2, 0) is 12.4 Å². The van der Waals surface area contributed by atoms with Crippen molar-refractivity contribution in [2.24, 2.45) is 0 Å². The van der Waals surface area contributed by atoms with E-state index in [1.807, 2.05) is 22.6 Å². The van der Waals surface area contributed by atoms with Gasteiger partial charge in [-0.3, -0.25) is 10.1 Å². The van der Waals surface area contributed by atoms with E-state index in [9.17, 15) is 31.1 Å². The van der Waals surface area contributed by atoms with E-state index in [0.29, 0.717) is 11.9 Å². The Hall–Kier alpha value is -2.49. The number of para-hydroxylation sites is 1. The topological polar surface area (TPSA) is 71.3 Å². The first-order chi connectivity index (χ1) is 13.9. The van der Waals surface area contributed by atoms with Crippen molar-refractivity contribution in [3.8, 4) is 0 Å². The molecule has 1 aromatic carbocycles. The number of aromatic nitrogens is 3. The lowest BCUT2D eigenvalue weighted by molar-refractivity contribution is -0.148. The highest BCUT2D eigenvalue weighted by molar-refractivity contribution is 14.1. The molecular weight excluding hydrogens is 551 g/mol. The molecule has 0 atom stereocenters. The first-order valence-electron chi connectivity index (χ1n) is 7.78. The molecule has 2 N–H and O–H groups in total. The standard InChI is InChI=1S/C16H8F6IN5OS/c17-15(18,19)10-5-11(16(20,21)22)28-12(26-10)7(6-24-28)13(29)27-14(30)25-9-4-2-1-3-8(9)23/h1-6H,(H2,25,27,29,30). The first kappa shape index (κ1) is 22.2. The Morgan fingerprint density at radius 1 is 1.10 bits per heavy atom. The summed E-state index contributed by atoms with van der Waals surface area (Å²) < 4.78 is 79.5. The molecule has 2 heterocycles. The van der Waals surface area contributed by atoms with Crippen LogP contribution in [0.15, 0.2) is 36.5 Å². The van der Waals surface area contributed by atoms with Gasteiger partial charge in [-0.05, 0) is 53.0 Å². The summed E-state index contributed by atoms with van der Waals surface area (Å²) in [7, 11) is 0. The monoisotopic (exact) mass is 559 g/mol. The maximum atomic E-state index is 13.2. The summed E-state index contributed by atoms with van der Waals surface area (Å²) in [6, 6.07) is 6.69. The second-order valence-corrected chi connectivity index (χ2v) is 7.27. The quantitative estimate of drug-likeness (QED) is 0.275. The zero-order valence-electron chi connectivity index (χ0n) is 14.3. The number of fused-ring (bicyclic) bond motifs is 1. The van der Waals surface area contributed by atoms with Gasteiger partial charge in [0.05, 0.1) is 11.9 Å². The lowest BCUT2D eigenvalue weighted by Crippen LogP contribution is -2.34. The van der Waals surface area contributed by atoms with E-state index in [1.165, 1.54) is 0 Å². The first-order valence-corrected chi connectivity index (χ1v) is 9.26. The smallest absolute Gasteiger partial charge is 0.332 e. The van der Waals surface area contributed by atoms with Gasteiger partial charge in [0, 0.05) is 3.57 Å². The van der Waals surface area contributed by atoms with Crippen LogP contribution in [0.5, 0.6) is 0 Å². The number of carbonyl (C=O) groups excluding carboxylic acids is 1. The van der Waals surface area contributed by atoms with Gasteiger partial charge in [-0.25, -0.2) is 9.50 Å². The predicted octanol–water partition coefficient (Wildman–Crippen LogP) is 4.50. The minimum Gasteiger partial charge on any atom is -0.332 e. The Labute approximate surface area is 182 Å². The number of nitrogens with one attached hydrogen (secondary N) is 2. The van der Waals surface area contributed by atoms with Crippen LogP contribution in [0.1, 0.15) is 21.7 Å². The average molecular weight is 559 g/mol. The molecule has 0 bridgehead atoms. The zero-order chi connectivity index (χ0) is 22.3. The molecule has 14 heteroatoms. The highest BCUT2D eigenvalue weighted by Gasteiger charge is 2.41. The third-order valence-electron chi connectivity index (χ3n) is 3.65. The maximum absolute atomic E-state index is 13.2. The fourth-order valence-corrected chi connectivity index (χ4v) is 3.08. The molecule has 2 aromatic heterocycles. The van der Waals surface area contributed by atoms with Crippen molar-refractivity contribution in [3.63, 3.8) is 0 Å². The van der Waals surface area contributed by atoms with Crippen LogP contribution < -0.4 is 10.6 Å². The molecule has 0 aliphatic rings. The Morgan fingerprint density at radius 3 is 2.37 bits per heavy atom. The highest BCUT2D eigenvalue weighted by atomic mass is 127. The summed E-state index contributed by atoms with van der Waals surface area (Å²) in [5, 5.41) is 8.06. The van der Waals surface area contributed by atoms with Gasteiger partial charge in [-0.15, -0.1) is 0 Å². The zero-order valence-corrected chi connectivity index (χ0v) is 17.2. The molecule has 0 aliphatic carbocycles. The Kier molecular flexibility index (Phi) is 5.90. The van der Waals surface area contributed by atoms with Crippen LogP contribution in [0.4, 0.5) is 32.0 Å². The van der Waals surface area contributed by atoms with Crippen LogP contribution in [0.25, 0.3) is 5.65 Å². The molecule has 0 saturated carbocycles. The third kappa shape index (κ3) is 4.63. The summed E-state index contributed by atoms with van der Waals surface area (Å²) in [6.45, 7) is 0. The molecule has 0 radical (unpaired) electrons. The molecule has 0 saturated heterocycles. The Morgan fingerprint density at radius 2 is 1.77 bits per heavy atom. The number of amides is 1. The summed E-state index contributed by atoms with van der Waals surface area (Å²) in [5.74, 6) is -1.08. The summed E-state index contributed by atoms with van der Waals surface area (Å²) in [6.07, 6.45) is -9.65. The van der Waals surface area contributed by atoms with Gasteiger partial charge in [0.2, 0.25) is 0 Å². The van der Waals surface area contributed by atoms with E-state index < -0.39 is 40.9 Å². The van der Waals surface area contributed by atoms with Crippen molar-refractivity contribution in [1.29, 1.82) is 0 Å².